The zero-order valence-corrected chi connectivity index (χ0v) is 11.9. The third-order valence-corrected chi connectivity index (χ3v) is 2.92. The number of hydrogen-bond donors (Lipinski definition) is 2. The lowest BCUT2D eigenvalue weighted by Gasteiger charge is -2.23. The number of carboxylic acids is 1. The highest BCUT2D eigenvalue weighted by molar-refractivity contribution is 5.82. The van der Waals surface area contributed by atoms with Crippen molar-refractivity contribution in [2.75, 3.05) is 6.54 Å². The number of carbonyl (C=O) groups is 2. The van der Waals surface area contributed by atoms with Crippen LogP contribution in [-0.4, -0.2) is 39.6 Å². The molecule has 0 saturated heterocycles. The first-order valence-electron chi connectivity index (χ1n) is 6.76. The highest BCUT2D eigenvalue weighted by Gasteiger charge is 2.21. The van der Waals surface area contributed by atoms with Gasteiger partial charge in [-0.25, -0.2) is 9.59 Å². The van der Waals surface area contributed by atoms with Crippen LogP contribution in [-0.2, 0) is 11.3 Å². The second-order valence-corrected chi connectivity index (χ2v) is 4.46. The minimum Gasteiger partial charge on any atom is -0.480 e. The van der Waals surface area contributed by atoms with Gasteiger partial charge in [-0.2, -0.15) is 0 Å². The lowest BCUT2D eigenvalue weighted by atomic mass is 10.2. The van der Waals surface area contributed by atoms with Crippen LogP contribution in [0.2, 0.25) is 0 Å². The molecule has 6 nitrogen and oxygen atoms in total. The molecule has 110 valence electrons. The summed E-state index contributed by atoms with van der Waals surface area (Å²) >= 11 is 0. The molecule has 2 N–H and O–H groups in total. The molecule has 1 atom stereocenters. The maximum absolute atomic E-state index is 12.1. The van der Waals surface area contributed by atoms with Crippen LogP contribution in [0, 0.1) is 0 Å². The minimum absolute atomic E-state index is 0.363. The summed E-state index contributed by atoms with van der Waals surface area (Å²) in [5, 5.41) is 11.6. The fraction of sp³-hybridized carbons (Fsp3) is 0.500. The van der Waals surface area contributed by atoms with Crippen molar-refractivity contribution in [2.24, 2.45) is 0 Å². The van der Waals surface area contributed by atoms with Crippen LogP contribution in [0.25, 0.3) is 0 Å². The Kier molecular flexibility index (Phi) is 6.49. The van der Waals surface area contributed by atoms with Crippen LogP contribution in [0.1, 0.15) is 32.4 Å². The van der Waals surface area contributed by atoms with E-state index in [0.29, 0.717) is 25.9 Å². The highest BCUT2D eigenvalue weighted by atomic mass is 16.4. The molecule has 2 amide bonds. The van der Waals surface area contributed by atoms with Gasteiger partial charge < -0.3 is 15.3 Å². The van der Waals surface area contributed by atoms with E-state index in [9.17, 15) is 9.59 Å². The van der Waals surface area contributed by atoms with Crippen molar-refractivity contribution in [1.82, 2.24) is 15.2 Å². The molecule has 0 aromatic carbocycles. The van der Waals surface area contributed by atoms with E-state index >= 15 is 0 Å². The summed E-state index contributed by atoms with van der Waals surface area (Å²) in [5.41, 5.74) is 0.770. The van der Waals surface area contributed by atoms with E-state index in [1.807, 2.05) is 32.0 Å². The van der Waals surface area contributed by atoms with Gasteiger partial charge in [-0.15, -0.1) is 0 Å². The van der Waals surface area contributed by atoms with Gasteiger partial charge in [0.1, 0.15) is 6.04 Å². The number of aliphatic carboxylic acids is 1. The molecule has 0 aliphatic rings. The average molecular weight is 279 g/mol. The first kappa shape index (κ1) is 15.9. The summed E-state index contributed by atoms with van der Waals surface area (Å²) in [4.78, 5) is 28.8. The van der Waals surface area contributed by atoms with E-state index < -0.39 is 12.0 Å². The molecule has 0 fully saturated rings. The molecule has 1 rings (SSSR count). The van der Waals surface area contributed by atoms with Crippen LogP contribution in [0.3, 0.4) is 0 Å². The maximum atomic E-state index is 12.1. The molecule has 1 aromatic rings. The fourth-order valence-corrected chi connectivity index (χ4v) is 1.80. The topological polar surface area (TPSA) is 82.5 Å². The molecule has 0 unspecified atom stereocenters. The molecule has 1 aromatic heterocycles. The number of pyridine rings is 1. The molecule has 0 spiro atoms. The second kappa shape index (κ2) is 8.14. The Hall–Kier alpha value is -2.11. The molecule has 0 saturated carbocycles. The van der Waals surface area contributed by atoms with E-state index in [1.54, 1.807) is 6.20 Å². The van der Waals surface area contributed by atoms with Crippen LogP contribution < -0.4 is 5.32 Å². The van der Waals surface area contributed by atoms with Gasteiger partial charge in [-0.1, -0.05) is 19.4 Å². The fourth-order valence-electron chi connectivity index (χ4n) is 1.80. The number of aromatic nitrogens is 1. The van der Waals surface area contributed by atoms with Gasteiger partial charge in [-0.3, -0.25) is 4.98 Å². The van der Waals surface area contributed by atoms with Crippen LogP contribution >= 0.6 is 0 Å². The zero-order valence-electron chi connectivity index (χ0n) is 11.9. The second-order valence-electron chi connectivity index (χ2n) is 4.46. The number of amides is 2. The Morgan fingerprint density at radius 3 is 2.65 bits per heavy atom. The minimum atomic E-state index is -1.01. The van der Waals surface area contributed by atoms with Gasteiger partial charge >= 0.3 is 12.0 Å². The molecule has 20 heavy (non-hydrogen) atoms. The van der Waals surface area contributed by atoms with Crippen molar-refractivity contribution in [3.8, 4) is 0 Å². The van der Waals surface area contributed by atoms with Gasteiger partial charge in [-0.05, 0) is 25.5 Å². The van der Waals surface area contributed by atoms with E-state index in [4.69, 9.17) is 5.11 Å². The van der Waals surface area contributed by atoms with E-state index in [-0.39, 0.29) is 6.03 Å². The van der Waals surface area contributed by atoms with Crippen LogP contribution in [0.4, 0.5) is 4.79 Å². The number of carbonyl (C=O) groups excluding carboxylic acids is 1. The molecule has 0 radical (unpaired) electrons. The maximum Gasteiger partial charge on any atom is 0.326 e. The summed E-state index contributed by atoms with van der Waals surface area (Å²) in [6.45, 7) is 4.58. The van der Waals surface area contributed by atoms with Gasteiger partial charge in [0.2, 0.25) is 0 Å². The average Bonchev–Trinajstić information content (AvgIpc) is 2.45. The Bertz CT molecular complexity index is 437. The van der Waals surface area contributed by atoms with Crippen LogP contribution in [0.15, 0.2) is 24.4 Å². The number of rotatable bonds is 7. The van der Waals surface area contributed by atoms with E-state index in [2.05, 4.69) is 10.3 Å². The number of hydrogen-bond acceptors (Lipinski definition) is 3. The monoisotopic (exact) mass is 279 g/mol. The van der Waals surface area contributed by atoms with Gasteiger partial charge in [0.05, 0.1) is 12.2 Å². The number of urea groups is 1. The molecule has 0 aliphatic heterocycles. The van der Waals surface area contributed by atoms with Crippen molar-refractivity contribution in [2.45, 2.75) is 39.3 Å². The first-order chi connectivity index (χ1) is 9.58. The smallest absolute Gasteiger partial charge is 0.326 e. The summed E-state index contributed by atoms with van der Waals surface area (Å²) in [6, 6.07) is 4.27. The molecule has 6 heteroatoms. The standard InChI is InChI=1S/C14H21N3O3/c1-3-7-12(13(18)19)16-14(20)17(4-2)10-11-8-5-6-9-15-11/h5-6,8-9,12H,3-4,7,10H2,1-2H3,(H,16,20)(H,18,19)/t12-/m1/s1. The largest absolute Gasteiger partial charge is 0.480 e. The summed E-state index contributed by atoms with van der Waals surface area (Å²) in [7, 11) is 0. The Labute approximate surface area is 118 Å². The van der Waals surface area contributed by atoms with Gasteiger partial charge in [0.25, 0.3) is 0 Å². The van der Waals surface area contributed by atoms with Crippen molar-refractivity contribution < 1.29 is 14.7 Å². The number of carboxylic acid groups (broad SMARTS) is 1. The van der Waals surface area contributed by atoms with E-state index in [1.165, 1.54) is 4.90 Å². The van der Waals surface area contributed by atoms with Gasteiger partial charge in [0.15, 0.2) is 0 Å². The Morgan fingerprint density at radius 2 is 2.15 bits per heavy atom. The third-order valence-electron chi connectivity index (χ3n) is 2.92. The zero-order chi connectivity index (χ0) is 15.0. The number of nitrogens with one attached hydrogen (secondary N) is 1. The highest BCUT2D eigenvalue weighted by Crippen LogP contribution is 2.03. The predicted octanol–water partition coefficient (Wildman–Crippen LogP) is 1.87. The number of nitrogens with zero attached hydrogens (tertiary/aromatic N) is 2. The van der Waals surface area contributed by atoms with Crippen molar-refractivity contribution >= 4 is 12.0 Å². The predicted molar refractivity (Wildman–Crippen MR) is 75.2 cm³/mol. The lowest BCUT2D eigenvalue weighted by Crippen LogP contribution is -2.47. The molecule has 1 heterocycles. The van der Waals surface area contributed by atoms with Crippen molar-refractivity contribution in [3.63, 3.8) is 0 Å². The van der Waals surface area contributed by atoms with Gasteiger partial charge in [0, 0.05) is 12.7 Å². The molecule has 0 bridgehead atoms. The quantitative estimate of drug-likeness (QED) is 0.798. The van der Waals surface area contributed by atoms with Crippen molar-refractivity contribution in [1.29, 1.82) is 0 Å². The van der Waals surface area contributed by atoms with Crippen molar-refractivity contribution in [3.05, 3.63) is 30.1 Å². The third kappa shape index (κ3) is 4.87. The Morgan fingerprint density at radius 1 is 1.40 bits per heavy atom. The molecular formula is C14H21N3O3. The lowest BCUT2D eigenvalue weighted by molar-refractivity contribution is -0.139. The summed E-state index contributed by atoms with van der Waals surface area (Å²) in [6.07, 6.45) is 2.78. The Balaban J connectivity index is 2.64. The van der Waals surface area contributed by atoms with Crippen LogP contribution in [0.5, 0.6) is 0 Å². The summed E-state index contributed by atoms with van der Waals surface area (Å²) < 4.78 is 0. The SMILES string of the molecule is CCC[C@@H](NC(=O)N(CC)Cc1ccccn1)C(=O)O. The normalized spacial score (nSPS) is 11.7. The molecular weight excluding hydrogens is 258 g/mol. The van der Waals surface area contributed by atoms with E-state index in [0.717, 1.165) is 5.69 Å². The molecule has 0 aliphatic carbocycles. The first-order valence-corrected chi connectivity index (χ1v) is 6.76. The summed E-state index contributed by atoms with van der Waals surface area (Å²) in [5.74, 6) is -1.01.